The second-order valence-electron chi connectivity index (χ2n) is 7.54. The van der Waals surface area contributed by atoms with Crippen molar-refractivity contribution < 1.29 is 9.53 Å². The Morgan fingerprint density at radius 1 is 1.10 bits per heavy atom. The van der Waals surface area contributed by atoms with E-state index in [0.717, 1.165) is 41.2 Å². The summed E-state index contributed by atoms with van der Waals surface area (Å²) in [7, 11) is 0. The van der Waals surface area contributed by atoms with Gasteiger partial charge < -0.3 is 9.64 Å². The van der Waals surface area contributed by atoms with Crippen LogP contribution in [0.2, 0.25) is 0 Å². The number of para-hydroxylation sites is 1. The fourth-order valence-corrected chi connectivity index (χ4v) is 4.54. The Bertz CT molecular complexity index is 1130. The zero-order valence-corrected chi connectivity index (χ0v) is 17.4. The monoisotopic (exact) mass is 417 g/mol. The maximum atomic E-state index is 12.8. The van der Waals surface area contributed by atoms with Gasteiger partial charge in [-0.05, 0) is 25.0 Å². The van der Waals surface area contributed by atoms with Gasteiger partial charge in [-0.2, -0.15) is 0 Å². The predicted molar refractivity (Wildman–Crippen MR) is 119 cm³/mol. The molecule has 1 amide bonds. The molecule has 0 saturated heterocycles. The Morgan fingerprint density at radius 3 is 2.57 bits per heavy atom. The molecule has 6 heteroatoms. The lowest BCUT2D eigenvalue weighted by atomic mass is 10.2. The summed E-state index contributed by atoms with van der Waals surface area (Å²) in [4.78, 5) is 20.5. The van der Waals surface area contributed by atoms with Crippen molar-refractivity contribution in [3.05, 3.63) is 77.9 Å². The Morgan fingerprint density at radius 2 is 1.83 bits per heavy atom. The molecule has 0 aliphatic heterocycles. The number of rotatable bonds is 8. The summed E-state index contributed by atoms with van der Waals surface area (Å²) >= 11 is 1.64. The van der Waals surface area contributed by atoms with Gasteiger partial charge in [0.05, 0.1) is 5.69 Å². The molecule has 30 heavy (non-hydrogen) atoms. The van der Waals surface area contributed by atoms with Gasteiger partial charge in [0, 0.05) is 41.8 Å². The van der Waals surface area contributed by atoms with Crippen LogP contribution in [0.1, 0.15) is 18.5 Å². The van der Waals surface area contributed by atoms with E-state index in [-0.39, 0.29) is 12.5 Å². The van der Waals surface area contributed by atoms with Crippen LogP contribution >= 0.6 is 11.3 Å². The zero-order chi connectivity index (χ0) is 20.3. The molecule has 152 valence electrons. The van der Waals surface area contributed by atoms with Crippen molar-refractivity contribution in [2.75, 3.05) is 13.2 Å². The lowest BCUT2D eigenvalue weighted by Crippen LogP contribution is -2.38. The summed E-state index contributed by atoms with van der Waals surface area (Å²) in [5.41, 5.74) is 3.29. The molecule has 0 N–H and O–H groups in total. The smallest absolute Gasteiger partial charge is 0.260 e. The number of benzene rings is 2. The molecule has 1 fully saturated rings. The van der Waals surface area contributed by atoms with Crippen molar-refractivity contribution in [3.8, 4) is 17.0 Å². The van der Waals surface area contributed by atoms with Crippen molar-refractivity contribution in [2.24, 2.45) is 0 Å². The number of ether oxygens (including phenoxy) is 1. The average molecular weight is 418 g/mol. The van der Waals surface area contributed by atoms with Crippen molar-refractivity contribution in [2.45, 2.75) is 25.3 Å². The van der Waals surface area contributed by atoms with Gasteiger partial charge in [-0.1, -0.05) is 48.5 Å². The summed E-state index contributed by atoms with van der Waals surface area (Å²) in [5, 5.41) is 2.15. The highest BCUT2D eigenvalue weighted by Crippen LogP contribution is 2.28. The number of amides is 1. The Labute approximate surface area is 179 Å². The third kappa shape index (κ3) is 4.09. The zero-order valence-electron chi connectivity index (χ0n) is 16.6. The first-order valence-corrected chi connectivity index (χ1v) is 11.1. The summed E-state index contributed by atoms with van der Waals surface area (Å²) in [6.45, 7) is 0.787. The van der Waals surface area contributed by atoms with Crippen LogP contribution in [-0.2, 0) is 11.2 Å². The number of thiazole rings is 1. The fraction of sp³-hybridized carbons (Fsp3) is 0.250. The van der Waals surface area contributed by atoms with Gasteiger partial charge in [0.2, 0.25) is 0 Å². The van der Waals surface area contributed by atoms with E-state index in [4.69, 9.17) is 9.72 Å². The number of nitrogens with zero attached hydrogens (tertiary/aromatic N) is 3. The molecule has 2 heterocycles. The third-order valence-corrected chi connectivity index (χ3v) is 6.26. The van der Waals surface area contributed by atoms with E-state index in [1.807, 2.05) is 53.4 Å². The molecule has 1 aliphatic carbocycles. The van der Waals surface area contributed by atoms with Gasteiger partial charge in [0.25, 0.3) is 5.91 Å². The largest absolute Gasteiger partial charge is 0.484 e. The van der Waals surface area contributed by atoms with Crippen LogP contribution in [0.25, 0.3) is 16.2 Å². The van der Waals surface area contributed by atoms with Crippen molar-refractivity contribution in [1.82, 2.24) is 14.3 Å². The lowest BCUT2D eigenvalue weighted by Gasteiger charge is -2.22. The lowest BCUT2D eigenvalue weighted by molar-refractivity contribution is -0.133. The number of aromatic nitrogens is 2. The molecule has 5 rings (SSSR count). The highest BCUT2D eigenvalue weighted by atomic mass is 32.1. The first-order chi connectivity index (χ1) is 14.8. The molecular formula is C24H23N3O2S. The van der Waals surface area contributed by atoms with Crippen LogP contribution in [0.15, 0.2) is 72.2 Å². The van der Waals surface area contributed by atoms with Gasteiger partial charge in [0.1, 0.15) is 5.75 Å². The molecule has 5 nitrogen and oxygen atoms in total. The Kier molecular flexibility index (Phi) is 5.24. The summed E-state index contributed by atoms with van der Waals surface area (Å²) in [6, 6.07) is 20.1. The quantitative estimate of drug-likeness (QED) is 0.418. The summed E-state index contributed by atoms with van der Waals surface area (Å²) in [5.74, 6) is 0.788. The molecule has 2 aromatic heterocycles. The van der Waals surface area contributed by atoms with Gasteiger partial charge in [-0.15, -0.1) is 11.3 Å². The minimum Gasteiger partial charge on any atom is -0.484 e. The molecule has 0 atom stereocenters. The number of fused-ring (bicyclic) bond motifs is 1. The van der Waals surface area contributed by atoms with E-state index in [2.05, 4.69) is 28.1 Å². The van der Waals surface area contributed by atoms with Crippen LogP contribution in [0.5, 0.6) is 5.75 Å². The number of hydrogen-bond donors (Lipinski definition) is 0. The number of carbonyl (C=O) groups is 1. The van der Waals surface area contributed by atoms with E-state index >= 15 is 0 Å². The van der Waals surface area contributed by atoms with E-state index in [1.165, 1.54) is 5.69 Å². The van der Waals surface area contributed by atoms with Gasteiger partial charge in [-0.25, -0.2) is 4.98 Å². The van der Waals surface area contributed by atoms with Gasteiger partial charge in [0.15, 0.2) is 11.6 Å². The molecule has 4 aromatic rings. The van der Waals surface area contributed by atoms with Crippen LogP contribution in [0.3, 0.4) is 0 Å². The first kappa shape index (κ1) is 18.9. The van der Waals surface area contributed by atoms with Crippen LogP contribution in [0, 0.1) is 0 Å². The maximum absolute atomic E-state index is 12.8. The standard InChI is InChI=1S/C24H23N3O2S/c28-23(16-29-21-9-5-2-6-10-21)26(19-11-12-19)14-13-20-17-30-24-25-22(15-27(20)24)18-7-3-1-4-8-18/h1-10,15,17,19H,11-14,16H2. The molecule has 1 saturated carbocycles. The molecule has 0 bridgehead atoms. The Balaban J connectivity index is 1.26. The van der Waals surface area contributed by atoms with Crippen molar-refractivity contribution >= 4 is 22.2 Å². The summed E-state index contributed by atoms with van der Waals surface area (Å²) < 4.78 is 7.84. The number of hydrogen-bond acceptors (Lipinski definition) is 4. The highest BCUT2D eigenvalue weighted by Gasteiger charge is 2.32. The SMILES string of the molecule is O=C(COc1ccccc1)N(CCc1csc2nc(-c3ccccc3)cn12)C1CC1. The molecule has 0 radical (unpaired) electrons. The number of carbonyl (C=O) groups excluding carboxylic acids is 1. The predicted octanol–water partition coefficient (Wildman–Crippen LogP) is 4.68. The highest BCUT2D eigenvalue weighted by molar-refractivity contribution is 7.15. The topological polar surface area (TPSA) is 46.8 Å². The molecule has 0 unspecified atom stereocenters. The van der Waals surface area contributed by atoms with Crippen LogP contribution < -0.4 is 4.74 Å². The summed E-state index contributed by atoms with van der Waals surface area (Å²) in [6.07, 6.45) is 5.06. The normalized spacial score (nSPS) is 13.5. The first-order valence-electron chi connectivity index (χ1n) is 10.3. The minimum absolute atomic E-state index is 0.0587. The molecule has 0 spiro atoms. The third-order valence-electron chi connectivity index (χ3n) is 5.38. The van der Waals surface area contributed by atoms with Gasteiger partial charge >= 0.3 is 0 Å². The van der Waals surface area contributed by atoms with E-state index < -0.39 is 0 Å². The maximum Gasteiger partial charge on any atom is 0.260 e. The van der Waals surface area contributed by atoms with Crippen molar-refractivity contribution in [1.29, 1.82) is 0 Å². The second kappa shape index (κ2) is 8.32. The van der Waals surface area contributed by atoms with E-state index in [9.17, 15) is 4.79 Å². The Hall–Kier alpha value is -3.12. The van der Waals surface area contributed by atoms with Crippen LogP contribution in [0.4, 0.5) is 0 Å². The minimum atomic E-state index is 0.0587. The second-order valence-corrected chi connectivity index (χ2v) is 8.38. The van der Waals surface area contributed by atoms with E-state index in [1.54, 1.807) is 11.3 Å². The van der Waals surface area contributed by atoms with E-state index in [0.29, 0.717) is 12.6 Å². The number of imidazole rings is 1. The molecular weight excluding hydrogens is 394 g/mol. The fourth-order valence-electron chi connectivity index (χ4n) is 3.63. The molecule has 2 aromatic carbocycles. The van der Waals surface area contributed by atoms with Crippen molar-refractivity contribution in [3.63, 3.8) is 0 Å². The van der Waals surface area contributed by atoms with Gasteiger partial charge in [-0.3, -0.25) is 9.20 Å². The average Bonchev–Trinajstić information content (AvgIpc) is 3.42. The van der Waals surface area contributed by atoms with Crippen LogP contribution in [-0.4, -0.2) is 39.4 Å². The molecule has 1 aliphatic rings.